The summed E-state index contributed by atoms with van der Waals surface area (Å²) in [5, 5.41) is 0. The van der Waals surface area contributed by atoms with Crippen molar-refractivity contribution < 1.29 is 0 Å². The van der Waals surface area contributed by atoms with Gasteiger partial charge < -0.3 is 9.80 Å². The minimum atomic E-state index is -0.629. The maximum atomic E-state index is 2.54. The van der Waals surface area contributed by atoms with Gasteiger partial charge in [0.1, 0.15) is 0 Å². The Morgan fingerprint density at radius 3 is 1.14 bits per heavy atom. The SMILES string of the molecule is Cc1ccc(N2c3cc(C)c(C)cc3N(c3ccc(C)cc3)C2(c2ccccc2)c2ccccc2)cc1. The van der Waals surface area contributed by atoms with Gasteiger partial charge in [-0.15, -0.1) is 0 Å². The van der Waals surface area contributed by atoms with Crippen LogP contribution in [0.5, 0.6) is 0 Å². The van der Waals surface area contributed by atoms with E-state index < -0.39 is 5.66 Å². The highest BCUT2D eigenvalue weighted by Gasteiger charge is 2.53. The van der Waals surface area contributed by atoms with Gasteiger partial charge in [0.2, 0.25) is 0 Å². The van der Waals surface area contributed by atoms with Gasteiger partial charge in [-0.3, -0.25) is 0 Å². The van der Waals surface area contributed by atoms with E-state index in [1.165, 1.54) is 44.8 Å². The normalized spacial score (nSPS) is 14.1. The first-order chi connectivity index (χ1) is 18.0. The Kier molecular flexibility index (Phi) is 5.61. The third-order valence-corrected chi connectivity index (χ3v) is 7.66. The Morgan fingerprint density at radius 2 is 0.784 bits per heavy atom. The molecule has 1 aliphatic heterocycles. The molecule has 6 rings (SSSR count). The molecular weight excluding hydrogens is 448 g/mol. The number of rotatable bonds is 4. The van der Waals surface area contributed by atoms with Crippen molar-refractivity contribution in [2.75, 3.05) is 9.80 Å². The summed E-state index contributed by atoms with van der Waals surface area (Å²) < 4.78 is 0. The lowest BCUT2D eigenvalue weighted by molar-refractivity contribution is 0.559. The minimum Gasteiger partial charge on any atom is -0.308 e. The van der Waals surface area contributed by atoms with E-state index in [2.05, 4.69) is 159 Å². The molecule has 37 heavy (non-hydrogen) atoms. The molecule has 1 aliphatic rings. The fraction of sp³-hybridized carbons (Fsp3) is 0.143. The van der Waals surface area contributed by atoms with Gasteiger partial charge in [-0.25, -0.2) is 0 Å². The molecule has 2 heteroatoms. The summed E-state index contributed by atoms with van der Waals surface area (Å²) in [4.78, 5) is 5.08. The number of hydrogen-bond donors (Lipinski definition) is 0. The second kappa shape index (κ2) is 8.97. The van der Waals surface area contributed by atoms with Crippen LogP contribution in [-0.4, -0.2) is 0 Å². The van der Waals surface area contributed by atoms with Gasteiger partial charge in [0.15, 0.2) is 5.66 Å². The fourth-order valence-corrected chi connectivity index (χ4v) is 5.66. The van der Waals surface area contributed by atoms with Crippen molar-refractivity contribution in [2.24, 2.45) is 0 Å². The Hall–Kier alpha value is -4.30. The van der Waals surface area contributed by atoms with E-state index in [9.17, 15) is 0 Å². The lowest BCUT2D eigenvalue weighted by atomic mass is 9.87. The smallest absolute Gasteiger partial charge is 0.175 e. The number of fused-ring (bicyclic) bond motifs is 1. The predicted octanol–water partition coefficient (Wildman–Crippen LogP) is 9.11. The molecule has 0 unspecified atom stereocenters. The van der Waals surface area contributed by atoms with Gasteiger partial charge in [-0.05, 0) is 75.2 Å². The van der Waals surface area contributed by atoms with Crippen LogP contribution in [0.2, 0.25) is 0 Å². The molecule has 0 saturated heterocycles. The van der Waals surface area contributed by atoms with Gasteiger partial charge in [0.25, 0.3) is 0 Å². The molecule has 0 radical (unpaired) electrons. The highest BCUT2D eigenvalue weighted by atomic mass is 15.5. The minimum absolute atomic E-state index is 0.629. The average Bonchev–Trinajstić information content (AvgIpc) is 3.21. The Morgan fingerprint density at radius 1 is 0.432 bits per heavy atom. The van der Waals surface area contributed by atoms with Crippen molar-refractivity contribution in [3.8, 4) is 0 Å². The van der Waals surface area contributed by atoms with Crippen LogP contribution in [0, 0.1) is 27.7 Å². The van der Waals surface area contributed by atoms with Crippen LogP contribution in [0.1, 0.15) is 33.4 Å². The van der Waals surface area contributed by atoms with Crippen molar-refractivity contribution in [3.05, 3.63) is 155 Å². The maximum Gasteiger partial charge on any atom is 0.175 e. The van der Waals surface area contributed by atoms with Crippen LogP contribution in [0.15, 0.2) is 121 Å². The highest BCUT2D eigenvalue weighted by molar-refractivity contribution is 5.93. The summed E-state index contributed by atoms with van der Waals surface area (Å²) in [6.07, 6.45) is 0. The molecule has 0 amide bonds. The van der Waals surface area contributed by atoms with Crippen molar-refractivity contribution in [1.82, 2.24) is 0 Å². The molecular formula is C35H32N2. The Balaban J connectivity index is 1.79. The zero-order valence-corrected chi connectivity index (χ0v) is 21.9. The Labute approximate surface area is 220 Å². The van der Waals surface area contributed by atoms with E-state index in [4.69, 9.17) is 0 Å². The van der Waals surface area contributed by atoms with Crippen molar-refractivity contribution in [1.29, 1.82) is 0 Å². The maximum absolute atomic E-state index is 2.54. The van der Waals surface area contributed by atoms with Gasteiger partial charge in [-0.2, -0.15) is 0 Å². The quantitative estimate of drug-likeness (QED) is 0.253. The fourth-order valence-electron chi connectivity index (χ4n) is 5.66. The molecule has 5 aromatic carbocycles. The Bertz CT molecular complexity index is 1420. The molecule has 0 atom stereocenters. The second-order valence-electron chi connectivity index (χ2n) is 10.2. The van der Waals surface area contributed by atoms with Crippen LogP contribution in [-0.2, 0) is 5.66 Å². The van der Waals surface area contributed by atoms with Crippen molar-refractivity contribution in [3.63, 3.8) is 0 Å². The highest BCUT2D eigenvalue weighted by Crippen LogP contribution is 2.59. The van der Waals surface area contributed by atoms with Gasteiger partial charge >= 0.3 is 0 Å². The summed E-state index contributed by atoms with van der Waals surface area (Å²) in [5.74, 6) is 0. The standard InChI is InChI=1S/C35H32N2/c1-25-15-19-31(20-16-25)36-33-23-27(3)28(4)24-34(33)37(32-21-17-26(2)18-22-32)35(36,29-11-7-5-8-12-29)30-13-9-6-10-14-30/h5-24H,1-4H3. The molecule has 0 spiro atoms. The van der Waals surface area contributed by atoms with Gasteiger partial charge in [0, 0.05) is 22.5 Å². The first-order valence-electron chi connectivity index (χ1n) is 13.0. The molecule has 2 nitrogen and oxygen atoms in total. The molecule has 0 bridgehead atoms. The largest absolute Gasteiger partial charge is 0.308 e. The molecule has 182 valence electrons. The number of anilines is 4. The van der Waals surface area contributed by atoms with Gasteiger partial charge in [-0.1, -0.05) is 96.1 Å². The first kappa shape index (κ1) is 23.1. The van der Waals surface area contributed by atoms with Crippen LogP contribution < -0.4 is 9.80 Å². The molecule has 0 saturated carbocycles. The molecule has 0 fully saturated rings. The van der Waals surface area contributed by atoms with Crippen LogP contribution in [0.25, 0.3) is 0 Å². The molecule has 0 N–H and O–H groups in total. The number of aryl methyl sites for hydroxylation is 4. The van der Waals surface area contributed by atoms with E-state index >= 15 is 0 Å². The summed E-state index contributed by atoms with van der Waals surface area (Å²) in [5.41, 5.74) is 11.6. The summed E-state index contributed by atoms with van der Waals surface area (Å²) >= 11 is 0. The third-order valence-electron chi connectivity index (χ3n) is 7.66. The van der Waals surface area contributed by atoms with E-state index in [1.807, 2.05) is 0 Å². The summed E-state index contributed by atoms with van der Waals surface area (Å²) in [6, 6.07) is 44.5. The average molecular weight is 481 g/mol. The molecule has 0 aliphatic carbocycles. The van der Waals surface area contributed by atoms with Crippen molar-refractivity contribution >= 4 is 22.7 Å². The van der Waals surface area contributed by atoms with Gasteiger partial charge in [0.05, 0.1) is 11.4 Å². The van der Waals surface area contributed by atoms with Crippen LogP contribution in [0.4, 0.5) is 22.7 Å². The van der Waals surface area contributed by atoms with E-state index in [0.29, 0.717) is 0 Å². The molecule has 0 aromatic heterocycles. The predicted molar refractivity (Wildman–Crippen MR) is 156 cm³/mol. The van der Waals surface area contributed by atoms with Crippen LogP contribution in [0.3, 0.4) is 0 Å². The number of hydrogen-bond acceptors (Lipinski definition) is 2. The second-order valence-corrected chi connectivity index (χ2v) is 10.2. The van der Waals surface area contributed by atoms with Crippen molar-refractivity contribution in [2.45, 2.75) is 33.4 Å². The first-order valence-corrected chi connectivity index (χ1v) is 13.0. The lowest BCUT2D eigenvalue weighted by Crippen LogP contribution is -2.51. The molecule has 5 aromatic rings. The third kappa shape index (κ3) is 3.64. The lowest BCUT2D eigenvalue weighted by Gasteiger charge is -2.47. The summed E-state index contributed by atoms with van der Waals surface area (Å²) in [6.45, 7) is 8.72. The zero-order valence-electron chi connectivity index (χ0n) is 21.9. The van der Waals surface area contributed by atoms with E-state index in [0.717, 1.165) is 11.4 Å². The number of nitrogens with zero attached hydrogens (tertiary/aromatic N) is 2. The monoisotopic (exact) mass is 480 g/mol. The topological polar surface area (TPSA) is 6.48 Å². The van der Waals surface area contributed by atoms with E-state index in [1.54, 1.807) is 0 Å². The van der Waals surface area contributed by atoms with Crippen LogP contribution >= 0.6 is 0 Å². The number of benzene rings is 5. The zero-order chi connectivity index (χ0) is 25.6. The molecule has 1 heterocycles. The van der Waals surface area contributed by atoms with E-state index in [-0.39, 0.29) is 0 Å². The summed E-state index contributed by atoms with van der Waals surface area (Å²) in [7, 11) is 0.